The normalized spacial score (nSPS) is 20.9. The first kappa shape index (κ1) is 15.0. The Morgan fingerprint density at radius 3 is 2.90 bits per heavy atom. The maximum atomic E-state index is 12.5. The Labute approximate surface area is 122 Å². The van der Waals surface area contributed by atoms with Crippen LogP contribution in [-0.4, -0.2) is 18.5 Å². The van der Waals surface area contributed by atoms with Crippen molar-refractivity contribution in [2.75, 3.05) is 6.54 Å². The average molecular weight is 274 g/mol. The summed E-state index contributed by atoms with van der Waals surface area (Å²) >= 11 is 0. The molecule has 0 radical (unpaired) electrons. The first-order valence-electron chi connectivity index (χ1n) is 7.73. The lowest BCUT2D eigenvalue weighted by Crippen LogP contribution is -2.44. The zero-order valence-corrected chi connectivity index (χ0v) is 12.8. The van der Waals surface area contributed by atoms with E-state index in [0.717, 1.165) is 31.4 Å². The molecule has 0 aliphatic carbocycles. The molecule has 0 fully saturated rings. The quantitative estimate of drug-likeness (QED) is 0.867. The molecular formula is C17H26N2O. The van der Waals surface area contributed by atoms with Gasteiger partial charge in [-0.3, -0.25) is 4.79 Å². The highest BCUT2D eigenvalue weighted by Crippen LogP contribution is 2.23. The topological polar surface area (TPSA) is 41.1 Å². The Kier molecular flexibility index (Phi) is 5.18. The van der Waals surface area contributed by atoms with Gasteiger partial charge in [0.05, 0.1) is 0 Å². The number of carbonyl (C=O) groups is 1. The Balaban J connectivity index is 2.00. The second-order valence-electron chi connectivity index (χ2n) is 5.99. The molecular weight excluding hydrogens is 248 g/mol. The fraction of sp³-hybridized carbons (Fsp3) is 0.588. The van der Waals surface area contributed by atoms with Crippen LogP contribution in [-0.2, 0) is 11.2 Å². The summed E-state index contributed by atoms with van der Waals surface area (Å²) in [4.78, 5) is 12.5. The summed E-state index contributed by atoms with van der Waals surface area (Å²) in [6.45, 7) is 7.39. The minimum atomic E-state index is -0.195. The summed E-state index contributed by atoms with van der Waals surface area (Å²) in [5.41, 5.74) is 2.42. The third-order valence-electron chi connectivity index (χ3n) is 4.21. The van der Waals surface area contributed by atoms with Gasteiger partial charge in [0.15, 0.2) is 0 Å². The molecule has 2 rings (SSSR count). The molecule has 3 nitrogen and oxygen atoms in total. The molecule has 1 heterocycles. The zero-order valence-electron chi connectivity index (χ0n) is 12.8. The van der Waals surface area contributed by atoms with Crippen molar-refractivity contribution in [3.63, 3.8) is 0 Å². The lowest BCUT2D eigenvalue weighted by molar-refractivity contribution is -0.124. The van der Waals surface area contributed by atoms with Crippen molar-refractivity contribution in [2.45, 2.75) is 52.1 Å². The lowest BCUT2D eigenvalue weighted by Gasteiger charge is -2.28. The molecule has 1 amide bonds. The fourth-order valence-electron chi connectivity index (χ4n) is 2.89. The molecule has 0 bridgehead atoms. The monoisotopic (exact) mass is 274 g/mol. The Morgan fingerprint density at radius 1 is 1.40 bits per heavy atom. The number of hydrogen-bond donors (Lipinski definition) is 2. The number of hydrogen-bond acceptors (Lipinski definition) is 2. The van der Waals surface area contributed by atoms with E-state index in [9.17, 15) is 4.79 Å². The number of benzene rings is 1. The smallest absolute Gasteiger partial charge is 0.241 e. The van der Waals surface area contributed by atoms with Crippen molar-refractivity contribution in [3.05, 3.63) is 35.4 Å². The molecule has 1 aliphatic rings. The predicted molar refractivity (Wildman–Crippen MR) is 82.6 cm³/mol. The van der Waals surface area contributed by atoms with Crippen molar-refractivity contribution in [2.24, 2.45) is 5.92 Å². The number of amides is 1. The van der Waals surface area contributed by atoms with Crippen LogP contribution in [0.15, 0.2) is 24.3 Å². The van der Waals surface area contributed by atoms with E-state index in [2.05, 4.69) is 43.5 Å². The Hall–Kier alpha value is -1.35. The lowest BCUT2D eigenvalue weighted by atomic mass is 9.93. The molecule has 0 aromatic heterocycles. The van der Waals surface area contributed by atoms with Gasteiger partial charge < -0.3 is 10.6 Å². The van der Waals surface area contributed by atoms with Gasteiger partial charge >= 0.3 is 0 Å². The van der Waals surface area contributed by atoms with Gasteiger partial charge in [-0.05, 0) is 36.8 Å². The summed E-state index contributed by atoms with van der Waals surface area (Å²) in [6, 6.07) is 8.27. The van der Waals surface area contributed by atoms with Gasteiger partial charge in [-0.2, -0.15) is 0 Å². The van der Waals surface area contributed by atoms with Gasteiger partial charge in [-0.15, -0.1) is 0 Å². The van der Waals surface area contributed by atoms with E-state index in [1.165, 1.54) is 5.56 Å². The van der Waals surface area contributed by atoms with Gasteiger partial charge in [0, 0.05) is 12.6 Å². The van der Waals surface area contributed by atoms with E-state index >= 15 is 0 Å². The largest absolute Gasteiger partial charge is 0.352 e. The molecule has 20 heavy (non-hydrogen) atoms. The van der Waals surface area contributed by atoms with Crippen molar-refractivity contribution in [3.8, 4) is 0 Å². The SMILES string of the molecule is CCC(C)CC(C)NC(=O)C1NCCc2ccccc21. The van der Waals surface area contributed by atoms with Crippen LogP contribution in [0.25, 0.3) is 0 Å². The fourth-order valence-corrected chi connectivity index (χ4v) is 2.89. The van der Waals surface area contributed by atoms with Gasteiger partial charge in [-0.1, -0.05) is 44.5 Å². The van der Waals surface area contributed by atoms with Crippen LogP contribution in [0.1, 0.15) is 50.8 Å². The van der Waals surface area contributed by atoms with Crippen molar-refractivity contribution < 1.29 is 4.79 Å². The van der Waals surface area contributed by atoms with Crippen LogP contribution < -0.4 is 10.6 Å². The maximum absolute atomic E-state index is 12.5. The third kappa shape index (κ3) is 3.60. The van der Waals surface area contributed by atoms with E-state index in [4.69, 9.17) is 0 Å². The van der Waals surface area contributed by atoms with Gasteiger partial charge in [-0.25, -0.2) is 0 Å². The van der Waals surface area contributed by atoms with E-state index < -0.39 is 0 Å². The second-order valence-corrected chi connectivity index (χ2v) is 5.99. The van der Waals surface area contributed by atoms with Crippen molar-refractivity contribution in [1.29, 1.82) is 0 Å². The summed E-state index contributed by atoms with van der Waals surface area (Å²) in [5, 5.41) is 6.49. The standard InChI is InChI=1S/C17H26N2O/c1-4-12(2)11-13(3)19-17(20)16-15-8-6-5-7-14(15)9-10-18-16/h5-8,12-13,16,18H,4,9-11H2,1-3H3,(H,19,20). The highest BCUT2D eigenvalue weighted by Gasteiger charge is 2.26. The highest BCUT2D eigenvalue weighted by molar-refractivity contribution is 5.84. The molecule has 0 spiro atoms. The van der Waals surface area contributed by atoms with Crippen LogP contribution in [0.3, 0.4) is 0 Å². The Morgan fingerprint density at radius 2 is 2.15 bits per heavy atom. The van der Waals surface area contributed by atoms with Crippen LogP contribution in [0.2, 0.25) is 0 Å². The number of carbonyl (C=O) groups excluding carboxylic acids is 1. The van der Waals surface area contributed by atoms with Gasteiger partial charge in [0.25, 0.3) is 0 Å². The average Bonchev–Trinajstić information content (AvgIpc) is 2.46. The van der Waals surface area contributed by atoms with Crippen LogP contribution in [0.4, 0.5) is 0 Å². The first-order chi connectivity index (χ1) is 9.61. The molecule has 110 valence electrons. The number of rotatable bonds is 5. The molecule has 1 aromatic carbocycles. The molecule has 3 unspecified atom stereocenters. The van der Waals surface area contributed by atoms with Crippen LogP contribution in [0.5, 0.6) is 0 Å². The molecule has 1 aromatic rings. The minimum Gasteiger partial charge on any atom is -0.352 e. The molecule has 1 aliphatic heterocycles. The van der Waals surface area contributed by atoms with E-state index in [0.29, 0.717) is 5.92 Å². The molecule has 3 heteroatoms. The van der Waals surface area contributed by atoms with Gasteiger partial charge in [0.1, 0.15) is 6.04 Å². The maximum Gasteiger partial charge on any atom is 0.241 e. The molecule has 0 saturated heterocycles. The third-order valence-corrected chi connectivity index (χ3v) is 4.21. The minimum absolute atomic E-state index is 0.105. The van der Waals surface area contributed by atoms with E-state index in [1.54, 1.807) is 0 Å². The van der Waals surface area contributed by atoms with Crippen molar-refractivity contribution in [1.82, 2.24) is 10.6 Å². The number of fused-ring (bicyclic) bond motifs is 1. The van der Waals surface area contributed by atoms with Crippen LogP contribution in [0, 0.1) is 5.92 Å². The van der Waals surface area contributed by atoms with E-state index in [-0.39, 0.29) is 18.0 Å². The summed E-state index contributed by atoms with van der Waals surface area (Å²) in [5.74, 6) is 0.754. The molecule has 0 saturated carbocycles. The van der Waals surface area contributed by atoms with Crippen molar-refractivity contribution >= 4 is 5.91 Å². The summed E-state index contributed by atoms with van der Waals surface area (Å²) in [6.07, 6.45) is 3.20. The highest BCUT2D eigenvalue weighted by atomic mass is 16.2. The van der Waals surface area contributed by atoms with Gasteiger partial charge in [0.2, 0.25) is 5.91 Å². The summed E-state index contributed by atoms with van der Waals surface area (Å²) in [7, 11) is 0. The predicted octanol–water partition coefficient (Wildman–Crippen LogP) is 2.81. The second kappa shape index (κ2) is 6.89. The Bertz CT molecular complexity index is 458. The zero-order chi connectivity index (χ0) is 14.5. The molecule has 3 atom stereocenters. The van der Waals surface area contributed by atoms with Crippen LogP contribution >= 0.6 is 0 Å². The molecule has 2 N–H and O–H groups in total. The first-order valence-corrected chi connectivity index (χ1v) is 7.73. The summed E-state index contributed by atoms with van der Waals surface area (Å²) < 4.78 is 0. The number of nitrogens with one attached hydrogen (secondary N) is 2. The van der Waals surface area contributed by atoms with E-state index in [1.807, 2.05) is 12.1 Å².